The molecule has 0 aliphatic heterocycles. The van der Waals surface area contributed by atoms with Gasteiger partial charge in [0.1, 0.15) is 12.4 Å². The van der Waals surface area contributed by atoms with E-state index in [2.05, 4.69) is 35.6 Å². The van der Waals surface area contributed by atoms with E-state index < -0.39 is 5.60 Å². The van der Waals surface area contributed by atoms with Crippen LogP contribution < -0.4 is 10.1 Å². The lowest BCUT2D eigenvalue weighted by Gasteiger charge is -2.55. The van der Waals surface area contributed by atoms with Gasteiger partial charge in [-0.25, -0.2) is 0 Å². The van der Waals surface area contributed by atoms with Crippen LogP contribution in [0.25, 0.3) is 0 Å². The van der Waals surface area contributed by atoms with Gasteiger partial charge in [0, 0.05) is 5.41 Å². The maximum Gasteiger partial charge on any atom is 0.120 e. The predicted molar refractivity (Wildman–Crippen MR) is 109 cm³/mol. The highest BCUT2D eigenvalue weighted by Gasteiger charge is 2.54. The molecule has 144 valence electrons. The SMILES string of the molecule is CNCC[C@]12CCCC[C@@]1(O)CCc1ccc(OCc3ccccc3)cc12. The van der Waals surface area contributed by atoms with Crippen molar-refractivity contribution in [2.45, 2.75) is 62.6 Å². The number of nitrogens with one attached hydrogen (secondary N) is 1. The van der Waals surface area contributed by atoms with Gasteiger partial charge in [-0.15, -0.1) is 0 Å². The van der Waals surface area contributed by atoms with Gasteiger partial charge in [-0.05, 0) is 74.5 Å². The summed E-state index contributed by atoms with van der Waals surface area (Å²) >= 11 is 0. The van der Waals surface area contributed by atoms with E-state index in [1.54, 1.807) is 0 Å². The van der Waals surface area contributed by atoms with E-state index in [0.717, 1.165) is 50.8 Å². The van der Waals surface area contributed by atoms with Crippen molar-refractivity contribution in [1.82, 2.24) is 5.32 Å². The first-order chi connectivity index (χ1) is 13.2. The smallest absolute Gasteiger partial charge is 0.120 e. The number of aryl methyl sites for hydroxylation is 1. The zero-order chi connectivity index (χ0) is 18.7. The number of fused-ring (bicyclic) bond motifs is 3. The summed E-state index contributed by atoms with van der Waals surface area (Å²) in [5.41, 5.74) is 3.18. The average molecular weight is 366 g/mol. The third kappa shape index (κ3) is 3.39. The Kier molecular flexibility index (Phi) is 5.25. The van der Waals surface area contributed by atoms with Gasteiger partial charge in [0.15, 0.2) is 0 Å². The van der Waals surface area contributed by atoms with Crippen molar-refractivity contribution in [3.8, 4) is 5.75 Å². The molecule has 4 rings (SSSR count). The van der Waals surface area contributed by atoms with E-state index in [9.17, 15) is 5.11 Å². The molecule has 0 heterocycles. The van der Waals surface area contributed by atoms with Crippen molar-refractivity contribution in [3.63, 3.8) is 0 Å². The molecule has 27 heavy (non-hydrogen) atoms. The lowest BCUT2D eigenvalue weighted by atomic mass is 9.53. The predicted octanol–water partition coefficient (Wildman–Crippen LogP) is 4.36. The molecule has 2 atom stereocenters. The van der Waals surface area contributed by atoms with Gasteiger partial charge in [-0.1, -0.05) is 49.2 Å². The lowest BCUT2D eigenvalue weighted by molar-refractivity contribution is -0.0868. The minimum Gasteiger partial charge on any atom is -0.489 e. The Bertz CT molecular complexity index is 775. The van der Waals surface area contributed by atoms with Gasteiger partial charge in [0.05, 0.1) is 5.60 Å². The normalized spacial score (nSPS) is 26.9. The molecule has 0 amide bonds. The molecular formula is C24H31NO2. The number of aliphatic hydroxyl groups is 1. The molecule has 2 aliphatic carbocycles. The summed E-state index contributed by atoms with van der Waals surface area (Å²) < 4.78 is 6.12. The first-order valence-electron chi connectivity index (χ1n) is 10.3. The molecule has 1 saturated carbocycles. The summed E-state index contributed by atoms with van der Waals surface area (Å²) in [5.74, 6) is 0.913. The topological polar surface area (TPSA) is 41.5 Å². The van der Waals surface area contributed by atoms with Crippen LogP contribution in [0, 0.1) is 0 Å². The average Bonchev–Trinajstić information content (AvgIpc) is 2.71. The molecule has 1 fully saturated rings. The highest BCUT2D eigenvalue weighted by atomic mass is 16.5. The van der Waals surface area contributed by atoms with Crippen LogP contribution in [-0.4, -0.2) is 24.3 Å². The van der Waals surface area contributed by atoms with E-state index in [0.29, 0.717) is 6.61 Å². The molecule has 0 aromatic heterocycles. The zero-order valence-corrected chi connectivity index (χ0v) is 16.3. The molecule has 0 bridgehead atoms. The van der Waals surface area contributed by atoms with Crippen molar-refractivity contribution in [1.29, 1.82) is 0 Å². The van der Waals surface area contributed by atoms with Gasteiger partial charge in [0.25, 0.3) is 0 Å². The fourth-order valence-electron chi connectivity index (χ4n) is 5.29. The highest BCUT2D eigenvalue weighted by molar-refractivity contribution is 5.46. The van der Waals surface area contributed by atoms with Crippen LogP contribution in [0.15, 0.2) is 48.5 Å². The maximum absolute atomic E-state index is 11.6. The van der Waals surface area contributed by atoms with E-state index in [1.807, 2.05) is 25.2 Å². The van der Waals surface area contributed by atoms with Gasteiger partial charge in [0.2, 0.25) is 0 Å². The van der Waals surface area contributed by atoms with Crippen LogP contribution in [-0.2, 0) is 18.4 Å². The monoisotopic (exact) mass is 365 g/mol. The summed E-state index contributed by atoms with van der Waals surface area (Å²) in [6.45, 7) is 1.50. The van der Waals surface area contributed by atoms with Gasteiger partial charge in [-0.3, -0.25) is 0 Å². The maximum atomic E-state index is 11.6. The summed E-state index contributed by atoms with van der Waals surface area (Å²) in [5, 5.41) is 15.0. The molecule has 0 radical (unpaired) electrons. The van der Waals surface area contributed by atoms with Crippen molar-refractivity contribution >= 4 is 0 Å². The summed E-state index contributed by atoms with van der Waals surface area (Å²) in [7, 11) is 2.00. The molecule has 2 aromatic carbocycles. The van der Waals surface area contributed by atoms with Crippen molar-refractivity contribution in [3.05, 3.63) is 65.2 Å². The standard InChI is InChI=1S/C24H31NO2/c1-25-16-15-23-12-5-6-13-24(23,26)14-11-20-9-10-21(17-22(20)23)27-18-19-7-3-2-4-8-19/h2-4,7-10,17,25-26H,5-6,11-16,18H2,1H3/t23-,24+/m0/s1. The quantitative estimate of drug-likeness (QED) is 0.799. The fourth-order valence-corrected chi connectivity index (χ4v) is 5.29. The first-order valence-corrected chi connectivity index (χ1v) is 10.3. The number of rotatable bonds is 6. The Morgan fingerprint density at radius 2 is 1.85 bits per heavy atom. The van der Waals surface area contributed by atoms with Gasteiger partial charge < -0.3 is 15.2 Å². The van der Waals surface area contributed by atoms with E-state index in [-0.39, 0.29) is 5.41 Å². The van der Waals surface area contributed by atoms with E-state index in [1.165, 1.54) is 23.1 Å². The summed E-state index contributed by atoms with van der Waals surface area (Å²) in [4.78, 5) is 0. The largest absolute Gasteiger partial charge is 0.489 e. The Morgan fingerprint density at radius 1 is 1.04 bits per heavy atom. The molecule has 2 aromatic rings. The number of benzene rings is 2. The minimum atomic E-state index is -0.576. The summed E-state index contributed by atoms with van der Waals surface area (Å²) in [6.07, 6.45) is 7.15. The highest BCUT2D eigenvalue weighted by Crippen LogP contribution is 2.55. The van der Waals surface area contributed by atoms with Crippen LogP contribution in [0.1, 0.15) is 55.2 Å². The first kappa shape index (κ1) is 18.5. The second kappa shape index (κ2) is 7.65. The Labute approximate surface area is 162 Å². The van der Waals surface area contributed by atoms with Crippen LogP contribution >= 0.6 is 0 Å². The second-order valence-electron chi connectivity index (χ2n) is 8.27. The van der Waals surface area contributed by atoms with Gasteiger partial charge in [-0.2, -0.15) is 0 Å². The molecule has 3 heteroatoms. The molecule has 2 N–H and O–H groups in total. The minimum absolute atomic E-state index is 0.145. The molecule has 3 nitrogen and oxygen atoms in total. The number of ether oxygens (including phenoxy) is 1. The summed E-state index contributed by atoms with van der Waals surface area (Å²) in [6, 6.07) is 16.8. The number of hydrogen-bond acceptors (Lipinski definition) is 3. The van der Waals surface area contributed by atoms with Crippen molar-refractivity contribution < 1.29 is 9.84 Å². The second-order valence-corrected chi connectivity index (χ2v) is 8.27. The van der Waals surface area contributed by atoms with E-state index in [4.69, 9.17) is 4.74 Å². The Hall–Kier alpha value is -1.84. The molecule has 0 spiro atoms. The fraction of sp³-hybridized carbons (Fsp3) is 0.500. The molecule has 0 saturated heterocycles. The Balaban J connectivity index is 1.66. The molecule has 0 unspecified atom stereocenters. The van der Waals surface area contributed by atoms with Crippen LogP contribution in [0.4, 0.5) is 0 Å². The lowest BCUT2D eigenvalue weighted by Crippen LogP contribution is -2.57. The zero-order valence-electron chi connectivity index (χ0n) is 16.3. The van der Waals surface area contributed by atoms with Crippen molar-refractivity contribution in [2.24, 2.45) is 0 Å². The van der Waals surface area contributed by atoms with E-state index >= 15 is 0 Å². The molecule has 2 aliphatic rings. The third-order valence-electron chi connectivity index (χ3n) is 6.79. The van der Waals surface area contributed by atoms with Crippen LogP contribution in [0.2, 0.25) is 0 Å². The third-order valence-corrected chi connectivity index (χ3v) is 6.79. The van der Waals surface area contributed by atoms with Gasteiger partial charge >= 0.3 is 0 Å². The van der Waals surface area contributed by atoms with Crippen LogP contribution in [0.3, 0.4) is 0 Å². The molecular weight excluding hydrogens is 334 g/mol. The van der Waals surface area contributed by atoms with Crippen molar-refractivity contribution in [2.75, 3.05) is 13.6 Å². The number of hydrogen-bond donors (Lipinski definition) is 2. The Morgan fingerprint density at radius 3 is 2.67 bits per heavy atom. The van der Waals surface area contributed by atoms with Crippen LogP contribution in [0.5, 0.6) is 5.75 Å².